The van der Waals surface area contributed by atoms with Gasteiger partial charge in [0.25, 0.3) is 0 Å². The Kier molecular flexibility index (Phi) is 5.01. The maximum absolute atomic E-state index is 12.0. The Morgan fingerprint density at radius 2 is 1.96 bits per heavy atom. The Morgan fingerprint density at radius 3 is 2.57 bits per heavy atom. The lowest BCUT2D eigenvalue weighted by atomic mass is 9.79. The number of halogens is 1. The lowest BCUT2D eigenvalue weighted by Crippen LogP contribution is -2.13. The van der Waals surface area contributed by atoms with Crippen LogP contribution in [0.25, 0.3) is 0 Å². The van der Waals surface area contributed by atoms with Crippen LogP contribution in [0, 0.1) is 0 Å². The molecule has 1 aliphatic rings. The molecule has 4 heteroatoms. The molecule has 0 atom stereocenters. The van der Waals surface area contributed by atoms with Gasteiger partial charge in [-0.1, -0.05) is 36.8 Å². The van der Waals surface area contributed by atoms with Crippen LogP contribution in [-0.2, 0) is 11.3 Å². The van der Waals surface area contributed by atoms with E-state index >= 15 is 0 Å². The smallest absolute Gasteiger partial charge is 0.339 e. The summed E-state index contributed by atoms with van der Waals surface area (Å²) in [6.45, 7) is 0.479. The molecule has 0 aromatic heterocycles. The predicted octanol–water partition coefficient (Wildman–Crippen LogP) is 5.08. The van der Waals surface area contributed by atoms with Crippen LogP contribution in [-0.4, -0.2) is 13.1 Å². The van der Waals surface area contributed by atoms with E-state index in [9.17, 15) is 4.79 Å². The molecule has 1 fully saturated rings. The molecule has 1 saturated carbocycles. The number of ether oxygens (including phenoxy) is 2. The van der Waals surface area contributed by atoms with Gasteiger partial charge in [0.15, 0.2) is 0 Å². The van der Waals surface area contributed by atoms with Crippen molar-refractivity contribution in [3.63, 3.8) is 0 Å². The zero-order valence-electron chi connectivity index (χ0n) is 13.0. The molecule has 3 nitrogen and oxygen atoms in total. The highest BCUT2D eigenvalue weighted by molar-refractivity contribution is 9.10. The zero-order valence-corrected chi connectivity index (χ0v) is 14.6. The summed E-state index contributed by atoms with van der Waals surface area (Å²) < 4.78 is 11.6. The van der Waals surface area contributed by atoms with Gasteiger partial charge in [0, 0.05) is 4.47 Å². The molecular formula is C19H19BrO3. The van der Waals surface area contributed by atoms with Gasteiger partial charge in [0.1, 0.15) is 12.4 Å². The SMILES string of the molecule is COC(=O)c1cc(OCc2ccccc2)cc(C2CCC2)c1Br. The summed E-state index contributed by atoms with van der Waals surface area (Å²) in [6.07, 6.45) is 3.54. The second kappa shape index (κ2) is 7.18. The second-order valence-electron chi connectivity index (χ2n) is 5.77. The maximum Gasteiger partial charge on any atom is 0.339 e. The molecule has 2 aromatic rings. The first-order valence-corrected chi connectivity index (χ1v) is 8.57. The van der Waals surface area contributed by atoms with Crippen LogP contribution < -0.4 is 4.74 Å². The van der Waals surface area contributed by atoms with Crippen molar-refractivity contribution in [2.24, 2.45) is 0 Å². The molecule has 0 unspecified atom stereocenters. The molecule has 0 spiro atoms. The van der Waals surface area contributed by atoms with Gasteiger partial charge >= 0.3 is 5.97 Å². The van der Waals surface area contributed by atoms with Crippen LogP contribution in [0.4, 0.5) is 0 Å². The summed E-state index contributed by atoms with van der Waals surface area (Å²) in [6, 6.07) is 13.8. The minimum Gasteiger partial charge on any atom is -0.489 e. The largest absolute Gasteiger partial charge is 0.489 e. The van der Waals surface area contributed by atoms with E-state index in [0.29, 0.717) is 23.8 Å². The van der Waals surface area contributed by atoms with E-state index in [0.717, 1.165) is 28.4 Å². The number of rotatable bonds is 5. The predicted molar refractivity (Wildman–Crippen MR) is 92.8 cm³/mol. The van der Waals surface area contributed by atoms with Gasteiger partial charge in [-0.2, -0.15) is 0 Å². The molecule has 3 rings (SSSR count). The third-order valence-electron chi connectivity index (χ3n) is 4.27. The number of carbonyl (C=O) groups is 1. The molecule has 0 amide bonds. The van der Waals surface area contributed by atoms with Crippen molar-refractivity contribution in [3.8, 4) is 5.75 Å². The number of esters is 1. The van der Waals surface area contributed by atoms with Gasteiger partial charge < -0.3 is 9.47 Å². The van der Waals surface area contributed by atoms with Crippen molar-refractivity contribution in [3.05, 3.63) is 63.6 Å². The fourth-order valence-electron chi connectivity index (χ4n) is 2.72. The van der Waals surface area contributed by atoms with Gasteiger partial charge in [-0.15, -0.1) is 0 Å². The first-order valence-electron chi connectivity index (χ1n) is 7.77. The number of hydrogen-bond acceptors (Lipinski definition) is 3. The minimum absolute atomic E-state index is 0.345. The van der Waals surface area contributed by atoms with E-state index in [2.05, 4.69) is 15.9 Å². The summed E-state index contributed by atoms with van der Waals surface area (Å²) >= 11 is 3.57. The van der Waals surface area contributed by atoms with Gasteiger partial charge in [-0.25, -0.2) is 4.79 Å². The van der Waals surface area contributed by atoms with Crippen molar-refractivity contribution >= 4 is 21.9 Å². The van der Waals surface area contributed by atoms with Crippen LogP contribution in [0.1, 0.15) is 46.7 Å². The quantitative estimate of drug-likeness (QED) is 0.684. The Balaban J connectivity index is 1.88. The van der Waals surface area contributed by atoms with Gasteiger partial charge in [-0.3, -0.25) is 0 Å². The third kappa shape index (κ3) is 3.58. The van der Waals surface area contributed by atoms with E-state index in [-0.39, 0.29) is 5.97 Å². The lowest BCUT2D eigenvalue weighted by Gasteiger charge is -2.28. The average Bonchev–Trinajstić information content (AvgIpc) is 2.54. The summed E-state index contributed by atoms with van der Waals surface area (Å²) in [5.41, 5.74) is 2.77. The van der Waals surface area contributed by atoms with E-state index in [1.165, 1.54) is 13.5 Å². The summed E-state index contributed by atoms with van der Waals surface area (Å²) in [7, 11) is 1.40. The van der Waals surface area contributed by atoms with Crippen LogP contribution in [0.15, 0.2) is 46.9 Å². The molecule has 23 heavy (non-hydrogen) atoms. The molecule has 0 saturated heterocycles. The van der Waals surface area contributed by atoms with Crippen LogP contribution >= 0.6 is 15.9 Å². The highest BCUT2D eigenvalue weighted by atomic mass is 79.9. The number of hydrogen-bond donors (Lipinski definition) is 0. The second-order valence-corrected chi connectivity index (χ2v) is 6.56. The van der Waals surface area contributed by atoms with Crippen LogP contribution in [0.3, 0.4) is 0 Å². The standard InChI is InChI=1S/C19H19BrO3/c1-22-19(21)17-11-15(23-12-13-6-3-2-4-7-13)10-16(18(17)20)14-8-5-9-14/h2-4,6-7,10-11,14H,5,8-9,12H2,1H3. The molecule has 0 bridgehead atoms. The van der Waals surface area contributed by atoms with Crippen molar-refractivity contribution in [2.45, 2.75) is 31.8 Å². The molecule has 0 aliphatic heterocycles. The van der Waals surface area contributed by atoms with E-state index in [1.807, 2.05) is 36.4 Å². The van der Waals surface area contributed by atoms with Crippen LogP contribution in [0.2, 0.25) is 0 Å². The fourth-order valence-corrected chi connectivity index (χ4v) is 3.43. The zero-order chi connectivity index (χ0) is 16.2. The number of carbonyl (C=O) groups excluding carboxylic acids is 1. The molecule has 1 aliphatic carbocycles. The van der Waals surface area contributed by atoms with E-state index in [1.54, 1.807) is 6.07 Å². The van der Waals surface area contributed by atoms with E-state index < -0.39 is 0 Å². The third-order valence-corrected chi connectivity index (χ3v) is 5.16. The molecule has 2 aromatic carbocycles. The number of benzene rings is 2. The molecule has 0 N–H and O–H groups in total. The Bertz CT molecular complexity index is 693. The Morgan fingerprint density at radius 1 is 1.22 bits per heavy atom. The van der Waals surface area contributed by atoms with Gasteiger partial charge in [-0.05, 0) is 57.9 Å². The van der Waals surface area contributed by atoms with Crippen molar-refractivity contribution < 1.29 is 14.3 Å². The minimum atomic E-state index is -0.345. The normalized spacial score (nSPS) is 14.2. The van der Waals surface area contributed by atoms with Crippen LogP contribution in [0.5, 0.6) is 5.75 Å². The summed E-state index contributed by atoms with van der Waals surface area (Å²) in [5, 5.41) is 0. The fraction of sp³-hybridized carbons (Fsp3) is 0.316. The van der Waals surface area contributed by atoms with Crippen molar-refractivity contribution in [1.29, 1.82) is 0 Å². The van der Waals surface area contributed by atoms with Crippen molar-refractivity contribution in [1.82, 2.24) is 0 Å². The highest BCUT2D eigenvalue weighted by Gasteiger charge is 2.26. The molecular weight excluding hydrogens is 356 g/mol. The van der Waals surface area contributed by atoms with Crippen molar-refractivity contribution in [2.75, 3.05) is 7.11 Å². The first kappa shape index (κ1) is 16.1. The maximum atomic E-state index is 12.0. The molecule has 0 radical (unpaired) electrons. The number of methoxy groups -OCH3 is 1. The topological polar surface area (TPSA) is 35.5 Å². The highest BCUT2D eigenvalue weighted by Crippen LogP contribution is 2.42. The Labute approximate surface area is 144 Å². The molecule has 120 valence electrons. The average molecular weight is 375 g/mol. The first-order chi connectivity index (χ1) is 11.2. The monoisotopic (exact) mass is 374 g/mol. The van der Waals surface area contributed by atoms with E-state index in [4.69, 9.17) is 9.47 Å². The van der Waals surface area contributed by atoms with Gasteiger partial charge in [0.05, 0.1) is 12.7 Å². The molecule has 0 heterocycles. The summed E-state index contributed by atoms with van der Waals surface area (Å²) in [4.78, 5) is 12.0. The lowest BCUT2D eigenvalue weighted by molar-refractivity contribution is 0.0599. The summed E-state index contributed by atoms with van der Waals surface area (Å²) in [5.74, 6) is 0.856. The Hall–Kier alpha value is -1.81. The van der Waals surface area contributed by atoms with Gasteiger partial charge in [0.2, 0.25) is 0 Å².